The van der Waals surface area contributed by atoms with E-state index in [0.29, 0.717) is 0 Å². The standard InChI is InChI=1S/C27H24N4O2S/c1-17(2)28-27-30(26(16-34-27)19-8-11-23(12-9-19)31(32)33)29-18(3)20-10-13-25-22(14-20)15-21-6-4-5-7-24(21)25/h4-14,16-17H,15H2,1-3H3. The summed E-state index contributed by atoms with van der Waals surface area (Å²) in [5.41, 5.74) is 8.99. The molecule has 0 amide bonds. The van der Waals surface area contributed by atoms with Crippen LogP contribution < -0.4 is 4.80 Å². The number of benzene rings is 3. The zero-order valence-corrected chi connectivity index (χ0v) is 20.0. The fraction of sp³-hybridized carbons (Fsp3) is 0.185. The Morgan fingerprint density at radius 2 is 1.76 bits per heavy atom. The third kappa shape index (κ3) is 4.10. The molecular weight excluding hydrogens is 444 g/mol. The lowest BCUT2D eigenvalue weighted by Gasteiger charge is -2.08. The highest BCUT2D eigenvalue weighted by atomic mass is 32.1. The van der Waals surface area contributed by atoms with Gasteiger partial charge in [-0.1, -0.05) is 36.4 Å². The van der Waals surface area contributed by atoms with Crippen LogP contribution in [0.15, 0.2) is 82.2 Å². The first kappa shape index (κ1) is 22.0. The van der Waals surface area contributed by atoms with Gasteiger partial charge in [-0.15, -0.1) is 11.3 Å². The highest BCUT2D eigenvalue weighted by Crippen LogP contribution is 2.36. The van der Waals surface area contributed by atoms with Crippen LogP contribution in [0.1, 0.15) is 37.5 Å². The Kier molecular flexibility index (Phi) is 5.71. The Morgan fingerprint density at radius 1 is 1.03 bits per heavy atom. The number of nitrogens with zero attached hydrogens (tertiary/aromatic N) is 4. The Morgan fingerprint density at radius 3 is 2.50 bits per heavy atom. The maximum Gasteiger partial charge on any atom is 0.269 e. The van der Waals surface area contributed by atoms with Crippen LogP contribution in [0.5, 0.6) is 0 Å². The van der Waals surface area contributed by atoms with E-state index in [1.807, 2.05) is 30.8 Å². The molecule has 0 atom stereocenters. The normalized spacial score (nSPS) is 13.3. The third-order valence-electron chi connectivity index (χ3n) is 5.89. The zero-order valence-electron chi connectivity index (χ0n) is 19.2. The van der Waals surface area contributed by atoms with Gasteiger partial charge < -0.3 is 0 Å². The molecule has 34 heavy (non-hydrogen) atoms. The molecule has 0 fully saturated rings. The molecule has 0 aliphatic heterocycles. The van der Waals surface area contributed by atoms with E-state index in [4.69, 9.17) is 10.1 Å². The summed E-state index contributed by atoms with van der Waals surface area (Å²) in [5.74, 6) is 0. The number of hydrogen-bond acceptors (Lipinski definition) is 5. The molecule has 1 aliphatic carbocycles. The number of nitro benzene ring substituents is 1. The van der Waals surface area contributed by atoms with Gasteiger partial charge in [0, 0.05) is 29.1 Å². The minimum absolute atomic E-state index is 0.0661. The molecule has 170 valence electrons. The molecule has 0 bridgehead atoms. The Balaban J connectivity index is 1.57. The Bertz CT molecular complexity index is 1490. The number of rotatable bonds is 5. The van der Waals surface area contributed by atoms with Gasteiger partial charge in [0.25, 0.3) is 5.69 Å². The lowest BCUT2D eigenvalue weighted by Crippen LogP contribution is -2.16. The third-order valence-corrected chi connectivity index (χ3v) is 6.72. The van der Waals surface area contributed by atoms with Crippen molar-refractivity contribution in [3.05, 3.63) is 104 Å². The lowest BCUT2D eigenvalue weighted by atomic mass is 10.0. The molecule has 6 nitrogen and oxygen atoms in total. The Hall–Kier alpha value is -3.84. The number of hydrogen-bond donors (Lipinski definition) is 0. The molecule has 0 radical (unpaired) electrons. The summed E-state index contributed by atoms with van der Waals surface area (Å²) in [7, 11) is 0. The molecule has 0 saturated heterocycles. The van der Waals surface area contributed by atoms with Gasteiger partial charge in [-0.2, -0.15) is 5.10 Å². The van der Waals surface area contributed by atoms with Crippen molar-refractivity contribution in [1.29, 1.82) is 0 Å². The quantitative estimate of drug-likeness (QED) is 0.173. The van der Waals surface area contributed by atoms with E-state index in [0.717, 1.165) is 33.8 Å². The van der Waals surface area contributed by atoms with Crippen molar-refractivity contribution in [1.82, 2.24) is 4.68 Å². The summed E-state index contributed by atoms with van der Waals surface area (Å²) in [5, 5.41) is 18.0. The average molecular weight is 469 g/mol. The number of non-ortho nitro benzene ring substituents is 1. The highest BCUT2D eigenvalue weighted by Gasteiger charge is 2.18. The second kappa shape index (κ2) is 8.83. The van der Waals surface area contributed by atoms with Crippen molar-refractivity contribution in [2.24, 2.45) is 10.1 Å². The summed E-state index contributed by atoms with van der Waals surface area (Å²) >= 11 is 1.51. The zero-order chi connectivity index (χ0) is 23.8. The summed E-state index contributed by atoms with van der Waals surface area (Å²) in [6, 6.07) is 21.7. The second-order valence-electron chi connectivity index (χ2n) is 8.63. The van der Waals surface area contributed by atoms with E-state index >= 15 is 0 Å². The number of fused-ring (bicyclic) bond motifs is 3. The SMILES string of the molecule is CC(=Nn1c(-c2ccc([N+](=O)[O-])cc2)csc1=NC(C)C)c1ccc2c(c1)Cc1ccccc1-2. The summed E-state index contributed by atoms with van der Waals surface area (Å²) in [6.45, 7) is 6.07. The van der Waals surface area contributed by atoms with Gasteiger partial charge in [0.1, 0.15) is 0 Å². The van der Waals surface area contributed by atoms with E-state index < -0.39 is 0 Å². The summed E-state index contributed by atoms with van der Waals surface area (Å²) in [4.78, 5) is 16.2. The predicted molar refractivity (Wildman–Crippen MR) is 137 cm³/mol. The molecule has 5 rings (SSSR count). The van der Waals surface area contributed by atoms with Crippen molar-refractivity contribution in [2.75, 3.05) is 0 Å². The highest BCUT2D eigenvalue weighted by molar-refractivity contribution is 7.07. The molecule has 7 heteroatoms. The predicted octanol–water partition coefficient (Wildman–Crippen LogP) is 6.28. The number of nitro groups is 1. The van der Waals surface area contributed by atoms with Crippen LogP contribution >= 0.6 is 11.3 Å². The van der Waals surface area contributed by atoms with Crippen LogP contribution in [0.3, 0.4) is 0 Å². The van der Waals surface area contributed by atoms with Crippen LogP contribution in [0.25, 0.3) is 22.4 Å². The van der Waals surface area contributed by atoms with Crippen molar-refractivity contribution in [3.8, 4) is 22.4 Å². The molecular formula is C27H24N4O2S. The van der Waals surface area contributed by atoms with Gasteiger partial charge in [-0.25, -0.2) is 4.68 Å². The van der Waals surface area contributed by atoms with Gasteiger partial charge in [0.15, 0.2) is 0 Å². The molecule has 0 saturated carbocycles. The van der Waals surface area contributed by atoms with Crippen LogP contribution in [0, 0.1) is 10.1 Å². The first-order valence-corrected chi connectivity index (χ1v) is 12.0. The monoisotopic (exact) mass is 468 g/mol. The molecule has 1 heterocycles. The fourth-order valence-electron chi connectivity index (χ4n) is 4.24. The van der Waals surface area contributed by atoms with Gasteiger partial charge >= 0.3 is 0 Å². The number of aromatic nitrogens is 1. The molecule has 3 aromatic carbocycles. The van der Waals surface area contributed by atoms with Crippen LogP contribution in [-0.2, 0) is 6.42 Å². The van der Waals surface area contributed by atoms with Crippen LogP contribution in [0.4, 0.5) is 5.69 Å². The molecule has 4 aromatic rings. The van der Waals surface area contributed by atoms with E-state index in [1.54, 1.807) is 12.1 Å². The maximum absolute atomic E-state index is 11.1. The van der Waals surface area contributed by atoms with Crippen LogP contribution in [0.2, 0.25) is 0 Å². The minimum atomic E-state index is -0.389. The van der Waals surface area contributed by atoms with Gasteiger partial charge in [-0.05, 0) is 73.2 Å². The first-order chi connectivity index (χ1) is 16.4. The summed E-state index contributed by atoms with van der Waals surface area (Å²) in [6.07, 6.45) is 0.931. The number of thiazole rings is 1. The van der Waals surface area contributed by atoms with Gasteiger partial charge in [0.05, 0.1) is 16.3 Å². The summed E-state index contributed by atoms with van der Waals surface area (Å²) < 4.78 is 1.85. The minimum Gasteiger partial charge on any atom is -0.258 e. The average Bonchev–Trinajstić information content (AvgIpc) is 3.39. The van der Waals surface area contributed by atoms with Gasteiger partial charge in [-0.3, -0.25) is 15.1 Å². The molecule has 1 aliphatic rings. The van der Waals surface area contributed by atoms with E-state index in [2.05, 4.69) is 42.5 Å². The molecule has 1 aromatic heterocycles. The molecule has 0 spiro atoms. The van der Waals surface area contributed by atoms with E-state index in [1.165, 1.54) is 45.7 Å². The smallest absolute Gasteiger partial charge is 0.258 e. The fourth-order valence-corrected chi connectivity index (χ4v) is 5.20. The van der Waals surface area contributed by atoms with E-state index in [9.17, 15) is 10.1 Å². The van der Waals surface area contributed by atoms with Gasteiger partial charge in [0.2, 0.25) is 4.80 Å². The lowest BCUT2D eigenvalue weighted by molar-refractivity contribution is -0.384. The van der Waals surface area contributed by atoms with Crippen molar-refractivity contribution < 1.29 is 4.92 Å². The van der Waals surface area contributed by atoms with Crippen molar-refractivity contribution >= 4 is 22.7 Å². The first-order valence-electron chi connectivity index (χ1n) is 11.2. The van der Waals surface area contributed by atoms with E-state index in [-0.39, 0.29) is 16.7 Å². The molecule has 0 N–H and O–H groups in total. The maximum atomic E-state index is 11.1. The topological polar surface area (TPSA) is 72.8 Å². The Labute approximate surface area is 201 Å². The second-order valence-corrected chi connectivity index (χ2v) is 9.47. The van der Waals surface area contributed by atoms with Crippen molar-refractivity contribution in [2.45, 2.75) is 33.2 Å². The molecule has 0 unspecified atom stereocenters. The largest absolute Gasteiger partial charge is 0.269 e. The van der Waals surface area contributed by atoms with Crippen molar-refractivity contribution in [3.63, 3.8) is 0 Å². The van der Waals surface area contributed by atoms with Crippen LogP contribution in [-0.4, -0.2) is 21.4 Å².